The van der Waals surface area contributed by atoms with Crippen LogP contribution in [0.4, 0.5) is 0 Å². The van der Waals surface area contributed by atoms with E-state index in [0.717, 1.165) is 15.9 Å². The highest BCUT2D eigenvalue weighted by Crippen LogP contribution is 2.36. The van der Waals surface area contributed by atoms with Gasteiger partial charge in [-0.15, -0.1) is 0 Å². The topological polar surface area (TPSA) is 9.23 Å². The summed E-state index contributed by atoms with van der Waals surface area (Å²) in [4.78, 5) is 0. The van der Waals surface area contributed by atoms with Crippen LogP contribution < -0.4 is 0 Å². The molecule has 110 valence electrons. The van der Waals surface area contributed by atoms with Crippen molar-refractivity contribution in [2.75, 3.05) is 4.43 Å². The van der Waals surface area contributed by atoms with Crippen LogP contribution in [0.15, 0.2) is 48.5 Å². The monoisotopic (exact) mass is 412 g/mol. The second-order valence-electron chi connectivity index (χ2n) is 5.41. The Morgan fingerprint density at radius 3 is 2.67 bits per heavy atom. The summed E-state index contributed by atoms with van der Waals surface area (Å²) in [5.74, 6) is 0. The van der Waals surface area contributed by atoms with E-state index in [4.69, 9.17) is 16.3 Å². The molecule has 0 bridgehead atoms. The van der Waals surface area contributed by atoms with E-state index < -0.39 is 0 Å². The van der Waals surface area contributed by atoms with Crippen molar-refractivity contribution in [3.05, 3.63) is 70.2 Å². The molecule has 0 spiro atoms. The summed E-state index contributed by atoms with van der Waals surface area (Å²) in [6, 6.07) is 16.7. The number of fused-ring (bicyclic) bond motifs is 1. The van der Waals surface area contributed by atoms with Crippen LogP contribution in [0, 0.1) is 0 Å². The molecule has 3 heteroatoms. The molecule has 0 saturated heterocycles. The minimum atomic E-state index is 0.124. The van der Waals surface area contributed by atoms with Gasteiger partial charge < -0.3 is 4.74 Å². The van der Waals surface area contributed by atoms with Crippen LogP contribution in [0.3, 0.4) is 0 Å². The average Bonchev–Trinajstić information content (AvgIpc) is 2.54. The third-order valence-corrected chi connectivity index (χ3v) is 5.08. The largest absolute Gasteiger partial charge is 0.365 e. The normalized spacial score (nSPS) is 19.0. The van der Waals surface area contributed by atoms with Gasteiger partial charge in [0.25, 0.3) is 0 Å². The number of halogens is 2. The quantitative estimate of drug-likeness (QED) is 0.448. The fraction of sp³-hybridized carbons (Fsp3) is 0.333. The van der Waals surface area contributed by atoms with Gasteiger partial charge in [-0.1, -0.05) is 70.6 Å². The van der Waals surface area contributed by atoms with Gasteiger partial charge in [0.15, 0.2) is 0 Å². The number of hydrogen-bond acceptors (Lipinski definition) is 1. The van der Waals surface area contributed by atoms with Crippen LogP contribution >= 0.6 is 34.2 Å². The van der Waals surface area contributed by atoms with Gasteiger partial charge >= 0.3 is 0 Å². The van der Waals surface area contributed by atoms with E-state index in [-0.39, 0.29) is 12.2 Å². The zero-order valence-electron chi connectivity index (χ0n) is 11.8. The Hall–Kier alpha value is -0.580. The molecule has 0 saturated carbocycles. The van der Waals surface area contributed by atoms with E-state index in [1.165, 1.54) is 29.5 Å². The van der Waals surface area contributed by atoms with Crippen LogP contribution in [0.5, 0.6) is 0 Å². The summed E-state index contributed by atoms with van der Waals surface area (Å²) < 4.78 is 7.38. The highest BCUT2D eigenvalue weighted by atomic mass is 127. The molecule has 0 fully saturated rings. The minimum Gasteiger partial charge on any atom is -0.365 e. The molecule has 2 aromatic rings. The first-order chi connectivity index (χ1) is 10.3. The standard InChI is InChI=1S/C18H18ClIO/c19-15-10-8-14(9-11-15)18(12-20)21-17-7-3-5-13-4-1-2-6-16(13)17/h1-2,4,6,8-11,17-18H,3,5,7,12H2. The molecule has 0 radical (unpaired) electrons. The van der Waals surface area contributed by atoms with Gasteiger partial charge in [-0.3, -0.25) is 0 Å². The summed E-state index contributed by atoms with van der Waals surface area (Å²) >= 11 is 8.38. The first-order valence-corrected chi connectivity index (χ1v) is 9.23. The molecule has 2 atom stereocenters. The van der Waals surface area contributed by atoms with Crippen LogP contribution in [0.2, 0.25) is 5.02 Å². The molecule has 2 unspecified atom stereocenters. The number of benzene rings is 2. The van der Waals surface area contributed by atoms with Crippen molar-refractivity contribution in [3.63, 3.8) is 0 Å². The maximum Gasteiger partial charge on any atom is 0.0922 e. The Morgan fingerprint density at radius 2 is 1.90 bits per heavy atom. The zero-order chi connectivity index (χ0) is 14.7. The van der Waals surface area contributed by atoms with E-state index in [2.05, 4.69) is 59.0 Å². The van der Waals surface area contributed by atoms with Crippen molar-refractivity contribution in [3.8, 4) is 0 Å². The lowest BCUT2D eigenvalue weighted by atomic mass is 9.89. The van der Waals surface area contributed by atoms with Gasteiger partial charge in [0.05, 0.1) is 12.2 Å². The molecule has 1 aliphatic carbocycles. The van der Waals surface area contributed by atoms with Crippen molar-refractivity contribution in [1.29, 1.82) is 0 Å². The molecule has 0 heterocycles. The highest BCUT2D eigenvalue weighted by Gasteiger charge is 2.24. The van der Waals surface area contributed by atoms with Crippen molar-refractivity contribution < 1.29 is 4.74 Å². The zero-order valence-corrected chi connectivity index (χ0v) is 14.7. The van der Waals surface area contributed by atoms with E-state index in [1.54, 1.807) is 0 Å². The molecule has 0 aromatic heterocycles. The Labute approximate surface area is 144 Å². The Kier molecular flexibility index (Phi) is 5.19. The van der Waals surface area contributed by atoms with Crippen molar-refractivity contribution in [1.82, 2.24) is 0 Å². The third kappa shape index (κ3) is 3.61. The van der Waals surface area contributed by atoms with Crippen molar-refractivity contribution >= 4 is 34.2 Å². The number of ether oxygens (including phenoxy) is 1. The Morgan fingerprint density at radius 1 is 1.14 bits per heavy atom. The molecule has 0 amide bonds. The summed E-state index contributed by atoms with van der Waals surface area (Å²) in [5.41, 5.74) is 4.02. The van der Waals surface area contributed by atoms with E-state index in [1.807, 2.05) is 12.1 Å². The van der Waals surface area contributed by atoms with Gasteiger partial charge in [-0.05, 0) is 48.1 Å². The SMILES string of the molecule is Clc1ccc(C(CI)OC2CCCc3ccccc32)cc1. The van der Waals surface area contributed by atoms with Gasteiger partial charge in [0.2, 0.25) is 0 Å². The fourth-order valence-corrected chi connectivity index (χ4v) is 3.77. The summed E-state index contributed by atoms with van der Waals surface area (Å²) in [6.45, 7) is 0. The molecular weight excluding hydrogens is 395 g/mol. The first-order valence-electron chi connectivity index (χ1n) is 7.32. The third-order valence-electron chi connectivity index (χ3n) is 4.02. The predicted molar refractivity (Wildman–Crippen MR) is 96.3 cm³/mol. The van der Waals surface area contributed by atoms with E-state index >= 15 is 0 Å². The highest BCUT2D eigenvalue weighted by molar-refractivity contribution is 14.1. The van der Waals surface area contributed by atoms with Crippen LogP contribution in [-0.4, -0.2) is 4.43 Å². The first kappa shape index (κ1) is 15.3. The molecule has 1 aliphatic rings. The summed E-state index contributed by atoms with van der Waals surface area (Å²) in [5, 5.41) is 0.772. The van der Waals surface area contributed by atoms with E-state index in [0.29, 0.717) is 0 Å². The molecule has 0 N–H and O–H groups in total. The smallest absolute Gasteiger partial charge is 0.0922 e. The molecule has 1 nitrogen and oxygen atoms in total. The minimum absolute atomic E-state index is 0.124. The maximum atomic E-state index is 6.44. The Bertz CT molecular complexity index is 596. The number of rotatable bonds is 4. The number of alkyl halides is 1. The lowest BCUT2D eigenvalue weighted by Crippen LogP contribution is -2.16. The summed E-state index contributed by atoms with van der Waals surface area (Å²) in [7, 11) is 0. The predicted octanol–water partition coefficient (Wildman–Crippen LogP) is 5.91. The molecule has 3 rings (SSSR count). The maximum absolute atomic E-state index is 6.44. The molecule has 0 aliphatic heterocycles. The van der Waals surface area contributed by atoms with Crippen LogP contribution in [0.25, 0.3) is 0 Å². The fourth-order valence-electron chi connectivity index (χ4n) is 2.93. The second kappa shape index (κ2) is 7.12. The van der Waals surface area contributed by atoms with Gasteiger partial charge in [-0.25, -0.2) is 0 Å². The van der Waals surface area contributed by atoms with Gasteiger partial charge in [0, 0.05) is 9.45 Å². The van der Waals surface area contributed by atoms with Crippen molar-refractivity contribution in [2.24, 2.45) is 0 Å². The van der Waals surface area contributed by atoms with Gasteiger partial charge in [-0.2, -0.15) is 0 Å². The lowest BCUT2D eigenvalue weighted by Gasteiger charge is -2.29. The number of hydrogen-bond donors (Lipinski definition) is 0. The summed E-state index contributed by atoms with van der Waals surface area (Å²) in [6.07, 6.45) is 3.82. The average molecular weight is 413 g/mol. The lowest BCUT2D eigenvalue weighted by molar-refractivity contribution is -0.0101. The second-order valence-corrected chi connectivity index (χ2v) is 6.73. The molecule has 21 heavy (non-hydrogen) atoms. The van der Waals surface area contributed by atoms with Crippen molar-refractivity contribution in [2.45, 2.75) is 31.5 Å². The Balaban J connectivity index is 1.80. The molecule has 2 aromatic carbocycles. The van der Waals surface area contributed by atoms with Crippen LogP contribution in [0.1, 0.15) is 41.7 Å². The van der Waals surface area contributed by atoms with E-state index in [9.17, 15) is 0 Å². The molecular formula is C18H18ClIO. The number of aryl methyl sites for hydroxylation is 1. The van der Waals surface area contributed by atoms with Crippen LogP contribution in [-0.2, 0) is 11.2 Å². The van der Waals surface area contributed by atoms with Gasteiger partial charge in [0.1, 0.15) is 0 Å².